The minimum absolute atomic E-state index is 0.0243. The fraction of sp³-hybridized carbons (Fsp3) is 0.417. The standard InChI is InChI=1S/C12H15ClF3N3O/c13-9-5-3-4-8(12(14,15)16)11(9)18-7-2-1-6-10(17)19-20/h3-5,18,20H,1-2,6-7H2,(H2,17,19). The molecule has 0 aliphatic heterocycles. The smallest absolute Gasteiger partial charge is 0.409 e. The first-order valence-corrected chi connectivity index (χ1v) is 6.30. The van der Waals surface area contributed by atoms with Crippen LogP contribution in [0.4, 0.5) is 18.9 Å². The molecule has 4 nitrogen and oxygen atoms in total. The first kappa shape index (κ1) is 16.4. The van der Waals surface area contributed by atoms with E-state index in [0.717, 1.165) is 6.07 Å². The molecule has 0 saturated heterocycles. The number of rotatable bonds is 6. The molecule has 112 valence electrons. The lowest BCUT2D eigenvalue weighted by Gasteiger charge is -2.15. The van der Waals surface area contributed by atoms with Gasteiger partial charge in [0.15, 0.2) is 0 Å². The molecule has 0 saturated carbocycles. The number of unbranched alkanes of at least 4 members (excludes halogenated alkanes) is 1. The third kappa shape index (κ3) is 4.80. The molecule has 0 radical (unpaired) electrons. The molecule has 20 heavy (non-hydrogen) atoms. The molecule has 0 atom stereocenters. The van der Waals surface area contributed by atoms with Crippen LogP contribution in [0.2, 0.25) is 5.02 Å². The second kappa shape index (κ2) is 7.23. The van der Waals surface area contributed by atoms with Crippen LogP contribution in [0.3, 0.4) is 0 Å². The van der Waals surface area contributed by atoms with Crippen molar-refractivity contribution < 1.29 is 18.4 Å². The number of nitrogens with two attached hydrogens (primary N) is 1. The number of nitrogens with one attached hydrogen (secondary N) is 1. The van der Waals surface area contributed by atoms with Gasteiger partial charge >= 0.3 is 6.18 Å². The van der Waals surface area contributed by atoms with E-state index in [1.807, 2.05) is 0 Å². The third-order valence-electron chi connectivity index (χ3n) is 2.61. The van der Waals surface area contributed by atoms with Gasteiger partial charge in [-0.2, -0.15) is 13.2 Å². The second-order valence-corrected chi connectivity index (χ2v) is 4.54. The monoisotopic (exact) mass is 309 g/mol. The molecule has 0 unspecified atom stereocenters. The van der Waals surface area contributed by atoms with Crippen molar-refractivity contribution >= 4 is 23.1 Å². The Morgan fingerprint density at radius 3 is 2.65 bits per heavy atom. The first-order valence-electron chi connectivity index (χ1n) is 5.92. The minimum Gasteiger partial charge on any atom is -0.409 e. The van der Waals surface area contributed by atoms with Crippen LogP contribution in [0, 0.1) is 0 Å². The predicted molar refractivity (Wildman–Crippen MR) is 72.2 cm³/mol. The van der Waals surface area contributed by atoms with Crippen molar-refractivity contribution in [1.82, 2.24) is 0 Å². The zero-order valence-electron chi connectivity index (χ0n) is 10.5. The van der Waals surface area contributed by atoms with Crippen LogP contribution in [0.25, 0.3) is 0 Å². The fourth-order valence-corrected chi connectivity index (χ4v) is 1.88. The van der Waals surface area contributed by atoms with E-state index in [0.29, 0.717) is 25.8 Å². The fourth-order valence-electron chi connectivity index (χ4n) is 1.63. The number of anilines is 1. The number of halogens is 4. The average molecular weight is 310 g/mol. The van der Waals surface area contributed by atoms with Gasteiger partial charge in [0.25, 0.3) is 0 Å². The van der Waals surface area contributed by atoms with E-state index in [-0.39, 0.29) is 16.5 Å². The average Bonchev–Trinajstić information content (AvgIpc) is 2.38. The van der Waals surface area contributed by atoms with E-state index in [1.54, 1.807) is 0 Å². The molecular weight excluding hydrogens is 295 g/mol. The van der Waals surface area contributed by atoms with Crippen molar-refractivity contribution in [3.05, 3.63) is 28.8 Å². The summed E-state index contributed by atoms with van der Waals surface area (Å²) in [7, 11) is 0. The zero-order chi connectivity index (χ0) is 15.2. The highest BCUT2D eigenvalue weighted by molar-refractivity contribution is 6.33. The van der Waals surface area contributed by atoms with Crippen LogP contribution in [0.1, 0.15) is 24.8 Å². The van der Waals surface area contributed by atoms with Gasteiger partial charge in [-0.3, -0.25) is 0 Å². The quantitative estimate of drug-likeness (QED) is 0.247. The van der Waals surface area contributed by atoms with E-state index in [4.69, 9.17) is 22.5 Å². The van der Waals surface area contributed by atoms with E-state index >= 15 is 0 Å². The summed E-state index contributed by atoms with van der Waals surface area (Å²) in [6, 6.07) is 3.63. The summed E-state index contributed by atoms with van der Waals surface area (Å²) in [6.45, 7) is 0.311. The van der Waals surface area contributed by atoms with Gasteiger partial charge in [0, 0.05) is 13.0 Å². The summed E-state index contributed by atoms with van der Waals surface area (Å²) in [4.78, 5) is 0. The lowest BCUT2D eigenvalue weighted by molar-refractivity contribution is -0.136. The van der Waals surface area contributed by atoms with Crippen molar-refractivity contribution in [3.8, 4) is 0 Å². The Balaban J connectivity index is 2.60. The summed E-state index contributed by atoms with van der Waals surface area (Å²) >= 11 is 5.79. The van der Waals surface area contributed by atoms with Crippen LogP contribution >= 0.6 is 11.6 Å². The van der Waals surface area contributed by atoms with Crippen LogP contribution in [-0.4, -0.2) is 17.6 Å². The van der Waals surface area contributed by atoms with Gasteiger partial charge in [-0.05, 0) is 25.0 Å². The van der Waals surface area contributed by atoms with Crippen molar-refractivity contribution in [1.29, 1.82) is 0 Å². The molecule has 1 aromatic rings. The summed E-state index contributed by atoms with van der Waals surface area (Å²) in [5.41, 5.74) is 4.37. The number of oxime groups is 1. The highest BCUT2D eigenvalue weighted by Crippen LogP contribution is 2.38. The maximum atomic E-state index is 12.8. The summed E-state index contributed by atoms with van der Waals surface area (Å²) in [6.07, 6.45) is -2.92. The van der Waals surface area contributed by atoms with E-state index in [1.165, 1.54) is 12.1 Å². The Labute approximate surface area is 119 Å². The Bertz CT molecular complexity index is 478. The third-order valence-corrected chi connectivity index (χ3v) is 2.92. The SMILES string of the molecule is NC(CCCCNc1c(Cl)cccc1C(F)(F)F)=NO. The largest absolute Gasteiger partial charge is 0.418 e. The number of nitrogens with zero attached hydrogens (tertiary/aromatic N) is 1. The van der Waals surface area contributed by atoms with Crippen LogP contribution in [0.15, 0.2) is 23.4 Å². The number of hydrogen-bond donors (Lipinski definition) is 3. The molecule has 0 aromatic heterocycles. The number of para-hydroxylation sites is 1. The Hall–Kier alpha value is -1.63. The van der Waals surface area contributed by atoms with E-state index in [2.05, 4.69) is 10.5 Å². The van der Waals surface area contributed by atoms with Crippen LogP contribution in [-0.2, 0) is 6.18 Å². The molecule has 8 heteroatoms. The van der Waals surface area contributed by atoms with E-state index < -0.39 is 11.7 Å². The number of benzene rings is 1. The van der Waals surface area contributed by atoms with Gasteiger partial charge in [0.05, 0.1) is 16.3 Å². The molecule has 0 amide bonds. The molecule has 0 bridgehead atoms. The molecule has 0 aliphatic rings. The van der Waals surface area contributed by atoms with E-state index in [9.17, 15) is 13.2 Å². The molecule has 1 aromatic carbocycles. The normalized spacial score (nSPS) is 12.5. The van der Waals surface area contributed by atoms with Crippen LogP contribution in [0.5, 0.6) is 0 Å². The summed E-state index contributed by atoms with van der Waals surface area (Å²) in [5.74, 6) is 0.0960. The number of amidine groups is 1. The predicted octanol–water partition coefficient (Wildman–Crippen LogP) is 3.69. The highest BCUT2D eigenvalue weighted by Gasteiger charge is 2.34. The minimum atomic E-state index is -4.46. The molecule has 0 heterocycles. The van der Waals surface area contributed by atoms with Gasteiger partial charge in [-0.25, -0.2) is 0 Å². The molecular formula is C12H15ClF3N3O. The second-order valence-electron chi connectivity index (χ2n) is 4.14. The van der Waals surface area contributed by atoms with Gasteiger partial charge in [0.2, 0.25) is 0 Å². The lowest BCUT2D eigenvalue weighted by atomic mass is 10.1. The molecule has 0 aliphatic carbocycles. The number of hydrogen-bond acceptors (Lipinski definition) is 3. The first-order chi connectivity index (χ1) is 9.36. The summed E-state index contributed by atoms with van der Waals surface area (Å²) in [5, 5.41) is 13.9. The maximum absolute atomic E-state index is 12.8. The maximum Gasteiger partial charge on any atom is 0.418 e. The van der Waals surface area contributed by atoms with Crippen LogP contribution < -0.4 is 11.1 Å². The van der Waals surface area contributed by atoms with Crippen molar-refractivity contribution in [2.45, 2.75) is 25.4 Å². The molecule has 1 rings (SSSR count). The Morgan fingerprint density at radius 1 is 1.35 bits per heavy atom. The van der Waals surface area contributed by atoms with Gasteiger partial charge in [0.1, 0.15) is 5.84 Å². The molecule has 4 N–H and O–H groups in total. The van der Waals surface area contributed by atoms with Crippen molar-refractivity contribution in [3.63, 3.8) is 0 Å². The zero-order valence-corrected chi connectivity index (χ0v) is 11.3. The van der Waals surface area contributed by atoms with Gasteiger partial charge < -0.3 is 16.3 Å². The topological polar surface area (TPSA) is 70.6 Å². The molecule has 0 fully saturated rings. The van der Waals surface area contributed by atoms with Gasteiger partial charge in [-0.1, -0.05) is 22.8 Å². The van der Waals surface area contributed by atoms with Gasteiger partial charge in [-0.15, -0.1) is 0 Å². The lowest BCUT2D eigenvalue weighted by Crippen LogP contribution is -2.14. The van der Waals surface area contributed by atoms with Crippen molar-refractivity contribution in [2.24, 2.45) is 10.9 Å². The van der Waals surface area contributed by atoms with Crippen molar-refractivity contribution in [2.75, 3.05) is 11.9 Å². The highest BCUT2D eigenvalue weighted by atomic mass is 35.5. The Morgan fingerprint density at radius 2 is 2.05 bits per heavy atom. The summed E-state index contributed by atoms with van der Waals surface area (Å²) < 4.78 is 38.4. The Kier molecular flexibility index (Phi) is 5.94. The number of alkyl halides is 3. The molecule has 0 spiro atoms.